The minimum absolute atomic E-state index is 0.000559. The normalized spacial score (nSPS) is 16.3. The number of rotatable bonds is 7. The van der Waals surface area contributed by atoms with Gasteiger partial charge in [-0.05, 0) is 36.2 Å². The first-order valence-electron chi connectivity index (χ1n) is 9.14. The van der Waals surface area contributed by atoms with Crippen LogP contribution in [0.5, 0.6) is 5.75 Å². The van der Waals surface area contributed by atoms with Crippen LogP contribution in [0.25, 0.3) is 0 Å². The molecule has 0 saturated carbocycles. The van der Waals surface area contributed by atoms with E-state index in [0.29, 0.717) is 29.5 Å². The van der Waals surface area contributed by atoms with Gasteiger partial charge < -0.3 is 10.0 Å². The summed E-state index contributed by atoms with van der Waals surface area (Å²) in [6.45, 7) is 1.24. The summed E-state index contributed by atoms with van der Waals surface area (Å²) >= 11 is 5.85. The maximum Gasteiger partial charge on any atom is 0.280 e. The summed E-state index contributed by atoms with van der Waals surface area (Å²) in [6, 6.07) is 8.27. The summed E-state index contributed by atoms with van der Waals surface area (Å²) in [6.07, 6.45) is 1.53. The fourth-order valence-corrected chi connectivity index (χ4v) is 4.56. The molecule has 30 heavy (non-hydrogen) atoms. The topological polar surface area (TPSA) is 135 Å². The van der Waals surface area contributed by atoms with Gasteiger partial charge in [0, 0.05) is 32.4 Å². The van der Waals surface area contributed by atoms with E-state index in [2.05, 4.69) is 9.71 Å². The first-order valence-corrected chi connectivity index (χ1v) is 11.0. The van der Waals surface area contributed by atoms with Gasteiger partial charge in [0.2, 0.25) is 0 Å². The van der Waals surface area contributed by atoms with Crippen LogP contribution in [0.2, 0.25) is 5.02 Å². The lowest BCUT2D eigenvalue weighted by Crippen LogP contribution is -2.56. The number of hydrogen-bond donors (Lipinski definition) is 4. The van der Waals surface area contributed by atoms with E-state index in [1.807, 2.05) is 4.90 Å². The standard InChI is InChI=1S/C18H22ClN5O5S/c19-14-3-6-17(20-12-14)23-7-9-24(10-8-23)30(28,29)22-16(18(26)21-27)11-13-1-4-15(25)5-2-13/h1-6,12,16,22,25,27H,7-11H2,(H,21,26)/t16-/m1/s1. The summed E-state index contributed by atoms with van der Waals surface area (Å²) in [4.78, 5) is 18.2. The van der Waals surface area contributed by atoms with Gasteiger partial charge in [0.1, 0.15) is 17.6 Å². The molecule has 1 aromatic heterocycles. The Balaban J connectivity index is 1.65. The zero-order chi connectivity index (χ0) is 21.7. The van der Waals surface area contributed by atoms with Gasteiger partial charge in [0.15, 0.2) is 0 Å². The van der Waals surface area contributed by atoms with E-state index in [1.54, 1.807) is 24.3 Å². The van der Waals surface area contributed by atoms with E-state index in [4.69, 9.17) is 16.8 Å². The second kappa shape index (κ2) is 9.58. The lowest BCUT2D eigenvalue weighted by molar-refractivity contribution is -0.130. The molecule has 10 nitrogen and oxygen atoms in total. The third-order valence-corrected chi connectivity index (χ3v) is 6.56. The monoisotopic (exact) mass is 455 g/mol. The number of benzene rings is 1. The molecule has 162 valence electrons. The van der Waals surface area contributed by atoms with Crippen LogP contribution in [0, 0.1) is 0 Å². The maximum atomic E-state index is 12.8. The van der Waals surface area contributed by atoms with Gasteiger partial charge in [0.25, 0.3) is 16.1 Å². The number of nitrogens with one attached hydrogen (secondary N) is 2. The van der Waals surface area contributed by atoms with Crippen LogP contribution in [0.15, 0.2) is 42.6 Å². The highest BCUT2D eigenvalue weighted by Gasteiger charge is 2.32. The number of carbonyl (C=O) groups is 1. The summed E-state index contributed by atoms with van der Waals surface area (Å²) < 4.78 is 29.2. The Morgan fingerprint density at radius 2 is 1.80 bits per heavy atom. The molecule has 0 bridgehead atoms. The van der Waals surface area contributed by atoms with Gasteiger partial charge in [-0.25, -0.2) is 10.5 Å². The average molecular weight is 456 g/mol. The van der Waals surface area contributed by atoms with Gasteiger partial charge in [-0.3, -0.25) is 10.0 Å². The van der Waals surface area contributed by atoms with Crippen molar-refractivity contribution in [1.82, 2.24) is 19.5 Å². The minimum atomic E-state index is -3.98. The number of nitrogens with zero attached hydrogens (tertiary/aromatic N) is 3. The molecule has 1 aliphatic rings. The molecule has 1 aromatic carbocycles. The van der Waals surface area contributed by atoms with Crippen molar-refractivity contribution in [1.29, 1.82) is 0 Å². The number of hydroxylamine groups is 1. The highest BCUT2D eigenvalue weighted by molar-refractivity contribution is 7.87. The minimum Gasteiger partial charge on any atom is -0.508 e. The molecule has 1 atom stereocenters. The molecule has 2 heterocycles. The molecule has 0 spiro atoms. The van der Waals surface area contributed by atoms with Crippen molar-refractivity contribution in [3.8, 4) is 5.75 Å². The molecule has 12 heteroatoms. The second-order valence-corrected chi connectivity index (χ2v) is 8.88. The molecule has 0 radical (unpaired) electrons. The third-order valence-electron chi connectivity index (χ3n) is 4.71. The molecule has 1 fully saturated rings. The van der Waals surface area contributed by atoms with Crippen LogP contribution in [0.4, 0.5) is 5.82 Å². The Bertz CT molecular complexity index is 963. The highest BCUT2D eigenvalue weighted by atomic mass is 35.5. The lowest BCUT2D eigenvalue weighted by atomic mass is 10.1. The Morgan fingerprint density at radius 1 is 1.13 bits per heavy atom. The summed E-state index contributed by atoms with van der Waals surface area (Å²) in [5.41, 5.74) is 2.11. The number of carbonyl (C=O) groups excluding carboxylic acids is 1. The molecule has 2 aromatic rings. The SMILES string of the molecule is O=C(NO)[C@@H](Cc1ccc(O)cc1)NS(=O)(=O)N1CCN(c2ccc(Cl)cn2)CC1. The number of pyridine rings is 1. The van der Waals surface area contributed by atoms with E-state index in [1.165, 1.54) is 28.1 Å². The van der Waals surface area contributed by atoms with Crippen LogP contribution < -0.4 is 15.1 Å². The van der Waals surface area contributed by atoms with E-state index in [0.717, 1.165) is 0 Å². The summed E-state index contributed by atoms with van der Waals surface area (Å²) in [5.74, 6) is -0.125. The smallest absolute Gasteiger partial charge is 0.280 e. The van der Waals surface area contributed by atoms with Gasteiger partial charge in [0.05, 0.1) is 5.02 Å². The summed E-state index contributed by atoms with van der Waals surface area (Å²) in [5, 5.41) is 18.9. The Kier molecular flexibility index (Phi) is 7.10. The third kappa shape index (κ3) is 5.58. The van der Waals surface area contributed by atoms with Crippen molar-refractivity contribution in [2.75, 3.05) is 31.1 Å². The van der Waals surface area contributed by atoms with Crippen LogP contribution in [-0.4, -0.2) is 66.1 Å². The molecular weight excluding hydrogens is 434 g/mol. The largest absolute Gasteiger partial charge is 0.508 e. The number of amides is 1. The fourth-order valence-electron chi connectivity index (χ4n) is 3.10. The first kappa shape index (κ1) is 22.2. The van der Waals surface area contributed by atoms with Crippen molar-refractivity contribution >= 4 is 33.5 Å². The maximum absolute atomic E-state index is 12.8. The number of phenolic OH excluding ortho intramolecular Hbond substituents is 1. The molecule has 0 unspecified atom stereocenters. The lowest BCUT2D eigenvalue weighted by Gasteiger charge is -2.35. The van der Waals surface area contributed by atoms with Gasteiger partial charge >= 0.3 is 0 Å². The Morgan fingerprint density at radius 3 is 2.37 bits per heavy atom. The molecule has 1 amide bonds. The van der Waals surface area contributed by atoms with Crippen LogP contribution in [0.1, 0.15) is 5.56 Å². The first-order chi connectivity index (χ1) is 14.3. The highest BCUT2D eigenvalue weighted by Crippen LogP contribution is 2.18. The Labute approximate surface area is 179 Å². The fraction of sp³-hybridized carbons (Fsp3) is 0.333. The van der Waals surface area contributed by atoms with Crippen LogP contribution >= 0.6 is 11.6 Å². The molecule has 4 N–H and O–H groups in total. The van der Waals surface area contributed by atoms with E-state index in [9.17, 15) is 18.3 Å². The zero-order valence-corrected chi connectivity index (χ0v) is 17.5. The second-order valence-electron chi connectivity index (χ2n) is 6.74. The predicted octanol–water partition coefficient (Wildman–Crippen LogP) is 0.514. The van der Waals surface area contributed by atoms with Crippen LogP contribution in [-0.2, 0) is 21.4 Å². The molecule has 3 rings (SSSR count). The number of aromatic hydroxyl groups is 1. The number of halogens is 1. The van der Waals surface area contributed by atoms with E-state index < -0.39 is 22.2 Å². The number of anilines is 1. The van der Waals surface area contributed by atoms with Gasteiger partial charge in [-0.2, -0.15) is 17.4 Å². The van der Waals surface area contributed by atoms with Gasteiger partial charge in [-0.1, -0.05) is 23.7 Å². The van der Waals surface area contributed by atoms with Crippen LogP contribution in [0.3, 0.4) is 0 Å². The van der Waals surface area contributed by atoms with Crippen molar-refractivity contribution < 1.29 is 23.5 Å². The van der Waals surface area contributed by atoms with Crippen molar-refractivity contribution in [3.63, 3.8) is 0 Å². The Hall–Kier alpha value is -2.44. The number of phenols is 1. The quantitative estimate of drug-likeness (QED) is 0.353. The zero-order valence-electron chi connectivity index (χ0n) is 15.9. The number of aromatic nitrogens is 1. The molecule has 0 aliphatic carbocycles. The molecular formula is C18H22ClN5O5S. The predicted molar refractivity (Wildman–Crippen MR) is 111 cm³/mol. The van der Waals surface area contributed by atoms with Crippen molar-refractivity contribution in [2.45, 2.75) is 12.5 Å². The van der Waals surface area contributed by atoms with Crippen molar-refractivity contribution in [3.05, 3.63) is 53.2 Å². The average Bonchev–Trinajstić information content (AvgIpc) is 2.75. The van der Waals surface area contributed by atoms with Gasteiger partial charge in [-0.15, -0.1) is 0 Å². The van der Waals surface area contributed by atoms with E-state index >= 15 is 0 Å². The number of piperazine rings is 1. The molecule has 1 saturated heterocycles. The molecule has 1 aliphatic heterocycles. The number of hydrogen-bond acceptors (Lipinski definition) is 7. The van der Waals surface area contributed by atoms with Crippen molar-refractivity contribution in [2.24, 2.45) is 0 Å². The summed E-state index contributed by atoms with van der Waals surface area (Å²) in [7, 11) is -3.98. The van der Waals surface area contributed by atoms with E-state index in [-0.39, 0.29) is 25.3 Å².